The molecule has 0 radical (unpaired) electrons. The second-order valence-electron chi connectivity index (χ2n) is 4.64. The molecule has 1 aromatic rings. The van der Waals surface area contributed by atoms with E-state index in [-0.39, 0.29) is 5.91 Å². The molecule has 0 aliphatic carbocycles. The van der Waals surface area contributed by atoms with E-state index in [1.807, 2.05) is 36.1 Å². The van der Waals surface area contributed by atoms with E-state index in [1.54, 1.807) is 0 Å². The zero-order valence-corrected chi connectivity index (χ0v) is 11.5. The van der Waals surface area contributed by atoms with Crippen LogP contribution in [0.1, 0.15) is 26.2 Å². The van der Waals surface area contributed by atoms with Gasteiger partial charge in [-0.15, -0.1) is 0 Å². The number of nitrogens with one attached hydrogen (secondary N) is 1. The van der Waals surface area contributed by atoms with Gasteiger partial charge >= 0.3 is 0 Å². The molecule has 1 amide bonds. The van der Waals surface area contributed by atoms with E-state index in [2.05, 4.69) is 5.32 Å². The molecule has 0 aromatic heterocycles. The van der Waals surface area contributed by atoms with Gasteiger partial charge in [-0.3, -0.25) is 4.79 Å². The fraction of sp³-hybridized carbons (Fsp3) is 0.533. The number of hydrogen-bond acceptors (Lipinski definition) is 3. The van der Waals surface area contributed by atoms with Gasteiger partial charge in [-0.25, -0.2) is 0 Å². The number of nitrogens with zero attached hydrogens (tertiary/aromatic N) is 1. The van der Waals surface area contributed by atoms with Gasteiger partial charge in [-0.1, -0.05) is 12.1 Å². The Morgan fingerprint density at radius 1 is 1.42 bits per heavy atom. The third-order valence-electron chi connectivity index (χ3n) is 3.25. The van der Waals surface area contributed by atoms with Crippen molar-refractivity contribution < 1.29 is 9.53 Å². The van der Waals surface area contributed by atoms with Crippen LogP contribution in [-0.4, -0.2) is 32.2 Å². The highest BCUT2D eigenvalue weighted by Gasteiger charge is 2.19. The Hall–Kier alpha value is -1.55. The lowest BCUT2D eigenvalue weighted by atomic mass is 10.2. The van der Waals surface area contributed by atoms with Crippen molar-refractivity contribution in [1.82, 2.24) is 0 Å². The molecule has 0 saturated heterocycles. The van der Waals surface area contributed by atoms with Crippen LogP contribution in [0.15, 0.2) is 24.3 Å². The molecule has 0 unspecified atom stereocenters. The van der Waals surface area contributed by atoms with E-state index in [0.29, 0.717) is 19.6 Å². The summed E-state index contributed by atoms with van der Waals surface area (Å²) < 4.78 is 5.28. The first-order valence-corrected chi connectivity index (χ1v) is 7.04. The van der Waals surface area contributed by atoms with E-state index in [9.17, 15) is 4.79 Å². The number of fused-ring (bicyclic) bond motifs is 1. The maximum Gasteiger partial charge on any atom is 0.227 e. The summed E-state index contributed by atoms with van der Waals surface area (Å²) in [4.78, 5) is 14.2. The number of ether oxygens (including phenoxy) is 1. The predicted molar refractivity (Wildman–Crippen MR) is 77.6 cm³/mol. The molecule has 1 aliphatic heterocycles. The van der Waals surface area contributed by atoms with Crippen LogP contribution >= 0.6 is 0 Å². The van der Waals surface area contributed by atoms with Gasteiger partial charge in [0, 0.05) is 32.7 Å². The number of amides is 1. The standard InChI is InChI=1S/C15H22N2O2/c1-2-19-12-5-9-15(18)17-11-6-10-16-13-7-3-4-8-14(13)17/h3-4,7-8,16H,2,5-6,9-12H2,1H3. The Morgan fingerprint density at radius 2 is 2.26 bits per heavy atom. The summed E-state index contributed by atoms with van der Waals surface area (Å²) in [6.07, 6.45) is 2.32. The van der Waals surface area contributed by atoms with Gasteiger partial charge in [-0.05, 0) is 31.9 Å². The third-order valence-corrected chi connectivity index (χ3v) is 3.25. The number of benzene rings is 1. The first-order valence-electron chi connectivity index (χ1n) is 7.04. The van der Waals surface area contributed by atoms with Crippen LogP contribution in [0.5, 0.6) is 0 Å². The quantitative estimate of drug-likeness (QED) is 0.829. The molecule has 1 N–H and O–H groups in total. The molecule has 1 heterocycles. The van der Waals surface area contributed by atoms with E-state index < -0.39 is 0 Å². The molecule has 19 heavy (non-hydrogen) atoms. The van der Waals surface area contributed by atoms with Crippen LogP contribution in [0, 0.1) is 0 Å². The topological polar surface area (TPSA) is 41.6 Å². The van der Waals surface area contributed by atoms with Gasteiger partial charge in [0.2, 0.25) is 5.91 Å². The van der Waals surface area contributed by atoms with Crippen molar-refractivity contribution in [3.63, 3.8) is 0 Å². The maximum atomic E-state index is 12.3. The van der Waals surface area contributed by atoms with E-state index in [0.717, 1.165) is 37.3 Å². The number of anilines is 2. The second-order valence-corrected chi connectivity index (χ2v) is 4.64. The van der Waals surface area contributed by atoms with E-state index >= 15 is 0 Å². The van der Waals surface area contributed by atoms with Crippen LogP contribution < -0.4 is 10.2 Å². The van der Waals surface area contributed by atoms with Crippen molar-refractivity contribution in [2.75, 3.05) is 36.5 Å². The first-order chi connectivity index (χ1) is 9.33. The highest BCUT2D eigenvalue weighted by atomic mass is 16.5. The molecule has 0 fully saturated rings. The number of rotatable bonds is 5. The summed E-state index contributed by atoms with van der Waals surface area (Å²) in [5, 5.41) is 3.37. The molecular weight excluding hydrogens is 240 g/mol. The average molecular weight is 262 g/mol. The van der Waals surface area contributed by atoms with Crippen LogP contribution in [-0.2, 0) is 9.53 Å². The summed E-state index contributed by atoms with van der Waals surface area (Å²) in [5.41, 5.74) is 2.06. The van der Waals surface area contributed by atoms with Crippen molar-refractivity contribution in [3.8, 4) is 0 Å². The van der Waals surface area contributed by atoms with Crippen LogP contribution in [0.4, 0.5) is 11.4 Å². The Kier molecular flexibility index (Phi) is 5.21. The van der Waals surface area contributed by atoms with Crippen molar-refractivity contribution in [3.05, 3.63) is 24.3 Å². The number of carbonyl (C=O) groups excluding carboxylic acids is 1. The van der Waals surface area contributed by atoms with Gasteiger partial charge in [0.1, 0.15) is 0 Å². The summed E-state index contributed by atoms with van der Waals surface area (Å²) in [6.45, 7) is 5.05. The summed E-state index contributed by atoms with van der Waals surface area (Å²) >= 11 is 0. The Balaban J connectivity index is 2.00. The molecule has 0 bridgehead atoms. The van der Waals surface area contributed by atoms with Gasteiger partial charge in [0.05, 0.1) is 11.4 Å². The molecule has 4 heteroatoms. The van der Waals surface area contributed by atoms with E-state index in [4.69, 9.17) is 4.74 Å². The SMILES string of the molecule is CCOCCCC(=O)N1CCCNc2ccccc21. The lowest BCUT2D eigenvalue weighted by Crippen LogP contribution is -2.31. The lowest BCUT2D eigenvalue weighted by molar-refractivity contribution is -0.118. The summed E-state index contributed by atoms with van der Waals surface area (Å²) in [5.74, 6) is 0.191. The number of para-hydroxylation sites is 2. The molecule has 1 aliphatic rings. The first kappa shape index (κ1) is 13.9. The molecular formula is C15H22N2O2. The Bertz CT molecular complexity index is 420. The Morgan fingerprint density at radius 3 is 3.11 bits per heavy atom. The molecule has 0 atom stereocenters. The van der Waals surface area contributed by atoms with Gasteiger partial charge in [0.25, 0.3) is 0 Å². The van der Waals surface area contributed by atoms with Crippen LogP contribution in [0.3, 0.4) is 0 Å². The molecule has 104 valence electrons. The monoisotopic (exact) mass is 262 g/mol. The largest absolute Gasteiger partial charge is 0.383 e. The zero-order chi connectivity index (χ0) is 13.5. The average Bonchev–Trinajstić information content (AvgIpc) is 2.66. The van der Waals surface area contributed by atoms with Crippen molar-refractivity contribution >= 4 is 17.3 Å². The molecule has 0 spiro atoms. The summed E-state index contributed by atoms with van der Waals surface area (Å²) in [6, 6.07) is 8.01. The highest BCUT2D eigenvalue weighted by molar-refractivity contribution is 5.96. The number of hydrogen-bond donors (Lipinski definition) is 1. The normalized spacial score (nSPS) is 14.5. The second kappa shape index (κ2) is 7.14. The fourth-order valence-electron chi connectivity index (χ4n) is 2.30. The van der Waals surface area contributed by atoms with Gasteiger partial charge in [0.15, 0.2) is 0 Å². The highest BCUT2D eigenvalue weighted by Crippen LogP contribution is 2.28. The molecule has 4 nitrogen and oxygen atoms in total. The van der Waals surface area contributed by atoms with Crippen LogP contribution in [0.2, 0.25) is 0 Å². The molecule has 0 saturated carbocycles. The third kappa shape index (κ3) is 3.70. The van der Waals surface area contributed by atoms with Crippen LogP contribution in [0.25, 0.3) is 0 Å². The van der Waals surface area contributed by atoms with E-state index in [1.165, 1.54) is 0 Å². The van der Waals surface area contributed by atoms with Crippen molar-refractivity contribution in [1.29, 1.82) is 0 Å². The smallest absolute Gasteiger partial charge is 0.227 e. The predicted octanol–water partition coefficient (Wildman–Crippen LogP) is 2.65. The lowest BCUT2D eigenvalue weighted by Gasteiger charge is -2.22. The fourth-order valence-corrected chi connectivity index (χ4v) is 2.30. The van der Waals surface area contributed by atoms with Gasteiger partial charge < -0.3 is 15.0 Å². The zero-order valence-electron chi connectivity index (χ0n) is 11.5. The van der Waals surface area contributed by atoms with Crippen molar-refractivity contribution in [2.24, 2.45) is 0 Å². The molecule has 1 aromatic carbocycles. The minimum atomic E-state index is 0.191. The Labute approximate surface area is 114 Å². The minimum Gasteiger partial charge on any atom is -0.383 e. The minimum absolute atomic E-state index is 0.191. The summed E-state index contributed by atoms with van der Waals surface area (Å²) in [7, 11) is 0. The van der Waals surface area contributed by atoms with Crippen molar-refractivity contribution in [2.45, 2.75) is 26.2 Å². The maximum absolute atomic E-state index is 12.3. The molecule has 2 rings (SSSR count). The van der Waals surface area contributed by atoms with Gasteiger partial charge in [-0.2, -0.15) is 0 Å². The number of carbonyl (C=O) groups is 1.